The molecule has 5 heteroatoms. The fourth-order valence-corrected chi connectivity index (χ4v) is 3.71. The summed E-state index contributed by atoms with van der Waals surface area (Å²) in [5.41, 5.74) is 3.41. The first-order chi connectivity index (χ1) is 12.8. The van der Waals surface area contributed by atoms with Gasteiger partial charge in [0.1, 0.15) is 0 Å². The number of nitrogens with zero attached hydrogens (tertiary/aromatic N) is 3. The van der Waals surface area contributed by atoms with E-state index in [4.69, 9.17) is 4.99 Å². The maximum absolute atomic E-state index is 12.3. The topological polar surface area (TPSA) is 62.6 Å². The van der Waals surface area contributed by atoms with Crippen molar-refractivity contribution < 1.29 is 9.59 Å². The molecule has 1 aliphatic carbocycles. The van der Waals surface area contributed by atoms with Crippen LogP contribution < -0.4 is 0 Å². The monoisotopic (exact) mass is 347 g/mol. The van der Waals surface area contributed by atoms with Crippen molar-refractivity contribution in [1.82, 2.24) is 9.88 Å². The van der Waals surface area contributed by atoms with Crippen LogP contribution in [0.1, 0.15) is 63.7 Å². The lowest BCUT2D eigenvalue weighted by Crippen LogP contribution is -2.30. The molecule has 5 nitrogen and oxygen atoms in total. The normalized spacial score (nSPS) is 19.1. The number of aliphatic imine (C=N–C) groups is 1. The fourth-order valence-electron chi connectivity index (χ4n) is 3.71. The van der Waals surface area contributed by atoms with Crippen molar-refractivity contribution in [3.8, 4) is 0 Å². The Balaban J connectivity index is 1.32. The second-order valence-corrected chi connectivity index (χ2v) is 6.74. The van der Waals surface area contributed by atoms with Gasteiger partial charge in [0.15, 0.2) is 0 Å². The van der Waals surface area contributed by atoms with E-state index < -0.39 is 0 Å². The Hall–Kier alpha value is -2.82. The molecule has 2 aromatic rings. The molecule has 2 heterocycles. The molecule has 132 valence electrons. The van der Waals surface area contributed by atoms with Crippen molar-refractivity contribution in [3.63, 3.8) is 0 Å². The van der Waals surface area contributed by atoms with Crippen LogP contribution in [0, 0.1) is 0 Å². The number of pyridine rings is 1. The number of amides is 2. The quantitative estimate of drug-likeness (QED) is 0.471. The van der Waals surface area contributed by atoms with E-state index in [0.717, 1.165) is 37.8 Å². The average molecular weight is 347 g/mol. The summed E-state index contributed by atoms with van der Waals surface area (Å²) in [5.74, 6) is -0.374. The third kappa shape index (κ3) is 3.05. The van der Waals surface area contributed by atoms with Crippen LogP contribution in [0.3, 0.4) is 0 Å². The highest BCUT2D eigenvalue weighted by atomic mass is 16.2. The van der Waals surface area contributed by atoms with Crippen molar-refractivity contribution in [2.24, 2.45) is 4.99 Å². The third-order valence-electron chi connectivity index (χ3n) is 5.04. The number of rotatable bonds is 5. The minimum Gasteiger partial charge on any atom is -0.288 e. The fraction of sp³-hybridized carbons (Fsp3) is 0.333. The van der Waals surface area contributed by atoms with Crippen molar-refractivity contribution >= 4 is 18.0 Å². The minimum absolute atomic E-state index is 0.138. The lowest BCUT2D eigenvalue weighted by molar-refractivity contribution is 0.0653. The average Bonchev–Trinajstić information content (AvgIpc) is 2.93. The zero-order valence-electron chi connectivity index (χ0n) is 14.6. The highest BCUT2D eigenvalue weighted by molar-refractivity contribution is 6.21. The number of carbonyl (C=O) groups excluding carboxylic acids is 2. The molecular formula is C21H21N3O2. The smallest absolute Gasteiger partial charge is 0.261 e. The van der Waals surface area contributed by atoms with Gasteiger partial charge in [0.05, 0.1) is 22.9 Å². The molecule has 2 amide bonds. The number of benzene rings is 1. The van der Waals surface area contributed by atoms with Gasteiger partial charge in [-0.05, 0) is 62.1 Å². The van der Waals surface area contributed by atoms with E-state index in [1.54, 1.807) is 24.3 Å². The van der Waals surface area contributed by atoms with E-state index in [9.17, 15) is 9.59 Å². The zero-order chi connectivity index (χ0) is 17.9. The lowest BCUT2D eigenvalue weighted by Gasteiger charge is -2.20. The van der Waals surface area contributed by atoms with Crippen LogP contribution in [0.5, 0.6) is 0 Å². The largest absolute Gasteiger partial charge is 0.288 e. The van der Waals surface area contributed by atoms with Crippen LogP contribution in [0.25, 0.3) is 0 Å². The number of hydrogen-bond acceptors (Lipinski definition) is 4. The number of aromatic nitrogens is 1. The maximum Gasteiger partial charge on any atom is 0.261 e. The number of hydrogen-bond donors (Lipinski definition) is 0. The minimum atomic E-state index is -0.187. The van der Waals surface area contributed by atoms with Gasteiger partial charge in [0.2, 0.25) is 0 Å². The van der Waals surface area contributed by atoms with Crippen molar-refractivity contribution in [3.05, 3.63) is 65.0 Å². The van der Waals surface area contributed by atoms with Crippen LogP contribution in [0.15, 0.2) is 47.6 Å². The Kier molecular flexibility index (Phi) is 4.61. The molecule has 4 rings (SSSR count). The molecular weight excluding hydrogens is 326 g/mol. The molecule has 1 atom stereocenters. The van der Waals surface area contributed by atoms with E-state index in [1.165, 1.54) is 10.5 Å². The van der Waals surface area contributed by atoms with Crippen LogP contribution in [-0.2, 0) is 6.42 Å². The van der Waals surface area contributed by atoms with Crippen molar-refractivity contribution in [1.29, 1.82) is 0 Å². The first-order valence-electron chi connectivity index (χ1n) is 9.16. The highest BCUT2D eigenvalue weighted by Gasteiger charge is 2.34. The highest BCUT2D eigenvalue weighted by Crippen LogP contribution is 2.30. The molecule has 0 spiro atoms. The summed E-state index contributed by atoms with van der Waals surface area (Å²) in [6.07, 6.45) is 8.45. The Labute approximate surface area is 152 Å². The van der Waals surface area contributed by atoms with Gasteiger partial charge >= 0.3 is 0 Å². The van der Waals surface area contributed by atoms with E-state index in [-0.39, 0.29) is 17.9 Å². The molecule has 1 aromatic heterocycles. The Morgan fingerprint density at radius 1 is 1.12 bits per heavy atom. The molecule has 2 aliphatic rings. The number of aryl methyl sites for hydroxylation is 1. The van der Waals surface area contributed by atoms with Gasteiger partial charge in [-0.1, -0.05) is 18.2 Å². The second-order valence-electron chi connectivity index (χ2n) is 6.74. The van der Waals surface area contributed by atoms with Gasteiger partial charge in [0, 0.05) is 12.7 Å². The van der Waals surface area contributed by atoms with Crippen molar-refractivity contribution in [2.45, 2.75) is 38.1 Å². The maximum atomic E-state index is 12.3. The SMILES string of the molecule is O=C1c2ccccc2C(=O)N1CCCC=N[C@H]1CCCc2cccnc21. The van der Waals surface area contributed by atoms with E-state index in [2.05, 4.69) is 11.1 Å². The summed E-state index contributed by atoms with van der Waals surface area (Å²) in [6, 6.07) is 11.3. The number of imide groups is 1. The van der Waals surface area contributed by atoms with E-state index in [0.29, 0.717) is 17.7 Å². The molecule has 0 saturated heterocycles. The zero-order valence-corrected chi connectivity index (χ0v) is 14.6. The van der Waals surface area contributed by atoms with E-state index >= 15 is 0 Å². The Morgan fingerprint density at radius 3 is 2.65 bits per heavy atom. The second kappa shape index (κ2) is 7.20. The van der Waals surface area contributed by atoms with Crippen molar-refractivity contribution in [2.75, 3.05) is 6.54 Å². The van der Waals surface area contributed by atoms with E-state index in [1.807, 2.05) is 18.5 Å². The molecule has 0 N–H and O–H groups in total. The summed E-state index contributed by atoms with van der Waals surface area (Å²) >= 11 is 0. The van der Waals surface area contributed by atoms with Crippen LogP contribution in [0.2, 0.25) is 0 Å². The van der Waals surface area contributed by atoms with Gasteiger partial charge in [-0.25, -0.2) is 0 Å². The predicted molar refractivity (Wildman–Crippen MR) is 99.5 cm³/mol. The summed E-state index contributed by atoms with van der Waals surface area (Å²) in [6.45, 7) is 0.428. The Bertz CT molecular complexity index is 840. The molecule has 0 saturated carbocycles. The summed E-state index contributed by atoms with van der Waals surface area (Å²) in [5, 5.41) is 0. The first kappa shape index (κ1) is 16.6. The molecule has 0 bridgehead atoms. The summed E-state index contributed by atoms with van der Waals surface area (Å²) in [7, 11) is 0. The van der Waals surface area contributed by atoms with Gasteiger partial charge in [-0.2, -0.15) is 0 Å². The summed E-state index contributed by atoms with van der Waals surface area (Å²) < 4.78 is 0. The van der Waals surface area contributed by atoms with Gasteiger partial charge in [0.25, 0.3) is 11.8 Å². The van der Waals surface area contributed by atoms with Crippen LogP contribution >= 0.6 is 0 Å². The van der Waals surface area contributed by atoms with Crippen LogP contribution in [0.4, 0.5) is 0 Å². The van der Waals surface area contributed by atoms with Gasteiger partial charge in [-0.3, -0.25) is 24.5 Å². The number of carbonyl (C=O) groups is 2. The molecule has 0 radical (unpaired) electrons. The number of fused-ring (bicyclic) bond motifs is 2. The molecule has 0 unspecified atom stereocenters. The van der Waals surface area contributed by atoms with Crippen LogP contribution in [-0.4, -0.2) is 34.5 Å². The predicted octanol–water partition coefficient (Wildman–Crippen LogP) is 3.61. The lowest BCUT2D eigenvalue weighted by atomic mass is 9.92. The molecule has 1 aromatic carbocycles. The molecule has 1 aliphatic heterocycles. The molecule has 26 heavy (non-hydrogen) atoms. The van der Waals surface area contributed by atoms with Gasteiger partial charge < -0.3 is 0 Å². The first-order valence-corrected chi connectivity index (χ1v) is 9.16. The van der Waals surface area contributed by atoms with Gasteiger partial charge in [-0.15, -0.1) is 0 Å². The summed E-state index contributed by atoms with van der Waals surface area (Å²) in [4.78, 5) is 35.2. The third-order valence-corrected chi connectivity index (χ3v) is 5.04. The number of unbranched alkanes of at least 4 members (excludes halogenated alkanes) is 1. The molecule has 0 fully saturated rings. The Morgan fingerprint density at radius 2 is 1.88 bits per heavy atom. The standard InChI is InChI=1S/C21H21N3O2/c25-20-16-9-1-2-10-17(16)21(26)24(20)14-4-3-12-22-18-11-5-7-15-8-6-13-23-19(15)18/h1-2,6,8-10,12-13,18H,3-5,7,11,14H2/t18-/m0/s1.